The van der Waals surface area contributed by atoms with Gasteiger partial charge in [-0.1, -0.05) is 18.2 Å². The first kappa shape index (κ1) is 16.4. The fourth-order valence-corrected chi connectivity index (χ4v) is 2.80. The predicted molar refractivity (Wildman–Crippen MR) is 87.7 cm³/mol. The molecule has 1 aromatic carbocycles. The van der Waals surface area contributed by atoms with Crippen LogP contribution in [0.3, 0.4) is 0 Å². The third-order valence-electron chi connectivity index (χ3n) is 4.03. The Morgan fingerprint density at radius 1 is 1.33 bits per heavy atom. The van der Waals surface area contributed by atoms with Gasteiger partial charge in [0.2, 0.25) is 0 Å². The van der Waals surface area contributed by atoms with E-state index in [4.69, 9.17) is 4.74 Å². The number of ether oxygens (including phenoxy) is 1. The second-order valence-corrected chi connectivity index (χ2v) is 5.77. The van der Waals surface area contributed by atoms with E-state index in [1.54, 1.807) is 24.5 Å². The summed E-state index contributed by atoms with van der Waals surface area (Å²) in [5.41, 5.74) is 1.75. The van der Waals surface area contributed by atoms with E-state index in [0.29, 0.717) is 13.2 Å². The number of pyridine rings is 1. The summed E-state index contributed by atoms with van der Waals surface area (Å²) in [5.74, 6) is -0.300. The van der Waals surface area contributed by atoms with Gasteiger partial charge in [-0.15, -0.1) is 0 Å². The largest absolute Gasteiger partial charge is 0.376 e. The lowest BCUT2D eigenvalue weighted by atomic mass is 9.99. The van der Waals surface area contributed by atoms with Crippen LogP contribution < -0.4 is 10.6 Å². The van der Waals surface area contributed by atoms with Crippen molar-refractivity contribution < 1.29 is 13.9 Å². The zero-order chi connectivity index (χ0) is 16.8. The van der Waals surface area contributed by atoms with E-state index in [1.165, 1.54) is 12.1 Å². The van der Waals surface area contributed by atoms with Gasteiger partial charge in [-0.3, -0.25) is 4.98 Å². The minimum atomic E-state index is -0.304. The lowest BCUT2D eigenvalue weighted by molar-refractivity contribution is 0.0807. The maximum Gasteiger partial charge on any atom is 0.315 e. The van der Waals surface area contributed by atoms with Gasteiger partial charge < -0.3 is 15.4 Å². The van der Waals surface area contributed by atoms with Crippen LogP contribution in [0.2, 0.25) is 0 Å². The van der Waals surface area contributed by atoms with Gasteiger partial charge in [0.15, 0.2) is 0 Å². The lowest BCUT2D eigenvalue weighted by Gasteiger charge is -2.25. The fraction of sp³-hybridized carbons (Fsp3) is 0.333. The van der Waals surface area contributed by atoms with Gasteiger partial charge in [-0.05, 0) is 42.2 Å². The molecule has 3 rings (SSSR count). The second kappa shape index (κ2) is 7.88. The summed E-state index contributed by atoms with van der Waals surface area (Å²) in [4.78, 5) is 16.3. The van der Waals surface area contributed by atoms with Crippen molar-refractivity contribution in [3.63, 3.8) is 0 Å². The molecule has 1 saturated heterocycles. The van der Waals surface area contributed by atoms with Gasteiger partial charge in [0.25, 0.3) is 0 Å². The number of rotatable bonds is 5. The third kappa shape index (κ3) is 4.29. The topological polar surface area (TPSA) is 63.2 Å². The third-order valence-corrected chi connectivity index (χ3v) is 4.03. The first-order valence-electron chi connectivity index (χ1n) is 8.03. The van der Waals surface area contributed by atoms with Crippen LogP contribution in [0.15, 0.2) is 48.8 Å². The normalized spacial score (nSPS) is 18.1. The predicted octanol–water partition coefficient (Wildman–Crippen LogP) is 2.94. The van der Waals surface area contributed by atoms with Crippen LogP contribution in [0.5, 0.6) is 0 Å². The summed E-state index contributed by atoms with van der Waals surface area (Å²) >= 11 is 0. The highest BCUT2D eigenvalue weighted by molar-refractivity contribution is 5.74. The first-order valence-corrected chi connectivity index (χ1v) is 8.03. The van der Waals surface area contributed by atoms with E-state index in [9.17, 15) is 9.18 Å². The molecule has 24 heavy (non-hydrogen) atoms. The number of halogens is 1. The van der Waals surface area contributed by atoms with Crippen molar-refractivity contribution in [2.24, 2.45) is 0 Å². The molecule has 1 fully saturated rings. The molecule has 0 aliphatic carbocycles. The van der Waals surface area contributed by atoms with Crippen LogP contribution in [0.1, 0.15) is 30.0 Å². The molecule has 5 nitrogen and oxygen atoms in total. The highest BCUT2D eigenvalue weighted by Gasteiger charge is 2.28. The van der Waals surface area contributed by atoms with Crippen LogP contribution in [-0.2, 0) is 11.3 Å². The molecule has 2 atom stereocenters. The van der Waals surface area contributed by atoms with E-state index >= 15 is 0 Å². The highest BCUT2D eigenvalue weighted by Crippen LogP contribution is 2.27. The molecule has 1 aliphatic rings. The van der Waals surface area contributed by atoms with E-state index in [-0.39, 0.29) is 24.0 Å². The van der Waals surface area contributed by atoms with E-state index < -0.39 is 0 Å². The Bertz CT molecular complexity index is 658. The number of aromatic nitrogens is 1. The number of hydrogen-bond acceptors (Lipinski definition) is 3. The number of hydrogen-bond donors (Lipinski definition) is 2. The summed E-state index contributed by atoms with van der Waals surface area (Å²) in [5, 5.41) is 5.76. The maximum absolute atomic E-state index is 13.2. The maximum atomic E-state index is 13.2. The van der Waals surface area contributed by atoms with Crippen molar-refractivity contribution in [2.45, 2.75) is 31.5 Å². The molecule has 2 amide bonds. The van der Waals surface area contributed by atoms with Crippen molar-refractivity contribution in [2.75, 3.05) is 6.61 Å². The quantitative estimate of drug-likeness (QED) is 0.886. The molecular weight excluding hydrogens is 309 g/mol. The molecule has 2 heterocycles. The number of nitrogens with one attached hydrogen (secondary N) is 2. The summed E-state index contributed by atoms with van der Waals surface area (Å²) < 4.78 is 18.9. The van der Waals surface area contributed by atoms with Crippen LogP contribution in [0.25, 0.3) is 0 Å². The molecule has 2 N–H and O–H groups in total. The Balaban J connectivity index is 1.64. The molecule has 2 aromatic rings. The molecule has 0 unspecified atom stereocenters. The number of benzene rings is 1. The second-order valence-electron chi connectivity index (χ2n) is 5.77. The zero-order valence-corrected chi connectivity index (χ0v) is 13.2. The summed E-state index contributed by atoms with van der Waals surface area (Å²) in [7, 11) is 0. The minimum Gasteiger partial charge on any atom is -0.376 e. The summed E-state index contributed by atoms with van der Waals surface area (Å²) in [6.07, 6.45) is 5.12. The molecule has 0 saturated carbocycles. The molecule has 0 spiro atoms. The summed E-state index contributed by atoms with van der Waals surface area (Å²) in [6, 6.07) is 9.28. The fourth-order valence-electron chi connectivity index (χ4n) is 2.80. The van der Waals surface area contributed by atoms with Gasteiger partial charge in [0.1, 0.15) is 5.82 Å². The average Bonchev–Trinajstić information content (AvgIpc) is 3.14. The summed E-state index contributed by atoms with van der Waals surface area (Å²) in [6.45, 7) is 1.07. The highest BCUT2D eigenvalue weighted by atomic mass is 19.1. The molecular formula is C18H20FN3O2. The van der Waals surface area contributed by atoms with Crippen molar-refractivity contribution in [3.8, 4) is 0 Å². The standard InChI is InChI=1S/C18H20FN3O2/c19-15-7-5-14(6-8-15)17(16-4-2-10-24-16)22-18(23)21-12-13-3-1-9-20-11-13/h1,3,5-9,11,16-17H,2,4,10,12H2,(H2,21,22,23)/t16-,17-/m0/s1. The van der Waals surface area contributed by atoms with Crippen LogP contribution in [0.4, 0.5) is 9.18 Å². The van der Waals surface area contributed by atoms with Gasteiger partial charge in [0.05, 0.1) is 12.1 Å². The number of urea groups is 1. The number of carbonyl (C=O) groups is 1. The van der Waals surface area contributed by atoms with Crippen LogP contribution in [0, 0.1) is 5.82 Å². The molecule has 126 valence electrons. The van der Waals surface area contributed by atoms with Gasteiger partial charge in [-0.2, -0.15) is 0 Å². The van der Waals surface area contributed by atoms with E-state index in [0.717, 1.165) is 24.0 Å². The van der Waals surface area contributed by atoms with Crippen LogP contribution >= 0.6 is 0 Å². The minimum absolute atomic E-state index is 0.0976. The van der Waals surface area contributed by atoms with Crippen LogP contribution in [-0.4, -0.2) is 23.7 Å². The molecule has 1 aliphatic heterocycles. The van der Waals surface area contributed by atoms with Crippen molar-refractivity contribution >= 4 is 6.03 Å². The monoisotopic (exact) mass is 329 g/mol. The Morgan fingerprint density at radius 3 is 2.83 bits per heavy atom. The smallest absolute Gasteiger partial charge is 0.315 e. The van der Waals surface area contributed by atoms with Gasteiger partial charge in [0, 0.05) is 25.5 Å². The number of carbonyl (C=O) groups excluding carboxylic acids is 1. The van der Waals surface area contributed by atoms with E-state index in [2.05, 4.69) is 15.6 Å². The van der Waals surface area contributed by atoms with Crippen molar-refractivity contribution in [1.29, 1.82) is 0 Å². The Labute approximate surface area is 140 Å². The Hall–Kier alpha value is -2.47. The SMILES string of the molecule is O=C(NCc1cccnc1)N[C@@H](c1ccc(F)cc1)[C@@H]1CCCO1. The molecule has 6 heteroatoms. The van der Waals surface area contributed by atoms with Gasteiger partial charge in [-0.25, -0.2) is 9.18 Å². The first-order chi connectivity index (χ1) is 11.7. The van der Waals surface area contributed by atoms with Crippen molar-refractivity contribution in [1.82, 2.24) is 15.6 Å². The number of nitrogens with zero attached hydrogens (tertiary/aromatic N) is 1. The average molecular weight is 329 g/mol. The molecule has 1 aromatic heterocycles. The van der Waals surface area contributed by atoms with Gasteiger partial charge >= 0.3 is 6.03 Å². The van der Waals surface area contributed by atoms with Crippen molar-refractivity contribution in [3.05, 3.63) is 65.7 Å². The van der Waals surface area contributed by atoms with E-state index in [1.807, 2.05) is 12.1 Å². The zero-order valence-electron chi connectivity index (χ0n) is 13.2. The lowest BCUT2D eigenvalue weighted by Crippen LogP contribution is -2.42. The molecule has 0 radical (unpaired) electrons. The number of amides is 2. The Morgan fingerprint density at radius 2 is 2.17 bits per heavy atom. The Kier molecular flexibility index (Phi) is 5.38. The molecule has 0 bridgehead atoms.